The van der Waals surface area contributed by atoms with Crippen molar-refractivity contribution in [1.82, 2.24) is 0 Å². The Morgan fingerprint density at radius 2 is 2.21 bits per heavy atom. The first-order valence-corrected chi connectivity index (χ1v) is 4.71. The molecule has 0 N–H and O–H groups in total. The largest absolute Gasteiger partial charge is 0.493 e. The van der Waals surface area contributed by atoms with E-state index in [-0.39, 0.29) is 5.54 Å². The summed E-state index contributed by atoms with van der Waals surface area (Å²) >= 11 is 0. The highest BCUT2D eigenvalue weighted by molar-refractivity contribution is 5.88. The predicted octanol–water partition coefficient (Wildman–Crippen LogP) is 1.78. The fourth-order valence-corrected chi connectivity index (χ4v) is 2.00. The predicted molar refractivity (Wildman–Crippen MR) is 55.2 cm³/mol. The number of ether oxygens (including phenoxy) is 1. The molecule has 70 valence electrons. The number of hydrogen-bond donors (Lipinski definition) is 0. The van der Waals surface area contributed by atoms with E-state index in [9.17, 15) is 0 Å². The van der Waals surface area contributed by atoms with E-state index in [1.165, 1.54) is 0 Å². The molecule has 0 radical (unpaired) electrons. The summed E-state index contributed by atoms with van der Waals surface area (Å²) in [5.74, 6) is 0.934. The van der Waals surface area contributed by atoms with Crippen LogP contribution in [0, 0.1) is 0 Å². The van der Waals surface area contributed by atoms with E-state index in [1.807, 2.05) is 24.4 Å². The van der Waals surface area contributed by atoms with Gasteiger partial charge in [0.2, 0.25) is 0 Å². The lowest BCUT2D eigenvalue weighted by atomic mass is 9.87. The van der Waals surface area contributed by atoms with E-state index in [0.29, 0.717) is 6.61 Å². The van der Waals surface area contributed by atoms with Crippen molar-refractivity contribution in [2.75, 3.05) is 6.61 Å². The summed E-state index contributed by atoms with van der Waals surface area (Å²) in [6, 6.07) is 8.03. The molecule has 1 aromatic carbocycles. The van der Waals surface area contributed by atoms with Crippen LogP contribution in [0.5, 0.6) is 5.75 Å². The topological polar surface area (TPSA) is 34.0 Å². The molecule has 3 rings (SSSR count). The summed E-state index contributed by atoms with van der Waals surface area (Å²) in [6.45, 7) is 0.709. The van der Waals surface area contributed by atoms with Gasteiger partial charge < -0.3 is 4.74 Å². The smallest absolute Gasteiger partial charge is 0.129 e. The number of hydrogen-bond acceptors (Lipinski definition) is 3. The summed E-state index contributed by atoms with van der Waals surface area (Å²) in [7, 11) is 0. The van der Waals surface area contributed by atoms with Crippen LogP contribution < -0.4 is 4.74 Å². The van der Waals surface area contributed by atoms with E-state index < -0.39 is 0 Å². The Morgan fingerprint density at radius 3 is 3.07 bits per heavy atom. The van der Waals surface area contributed by atoms with Crippen LogP contribution >= 0.6 is 0 Å². The minimum atomic E-state index is -0.241. The van der Waals surface area contributed by atoms with Crippen LogP contribution in [-0.2, 0) is 5.54 Å². The summed E-state index contributed by atoms with van der Waals surface area (Å²) in [5, 5.41) is 0. The molecule has 0 aromatic heterocycles. The maximum atomic E-state index is 5.57. The molecule has 3 heteroatoms. The molecule has 1 aromatic rings. The Balaban J connectivity index is 2.20. The fourth-order valence-electron chi connectivity index (χ4n) is 2.00. The van der Waals surface area contributed by atoms with Crippen LogP contribution in [-0.4, -0.2) is 19.2 Å². The lowest BCUT2D eigenvalue weighted by molar-refractivity contribution is 0.254. The van der Waals surface area contributed by atoms with Crippen molar-refractivity contribution < 1.29 is 4.74 Å². The maximum Gasteiger partial charge on any atom is 0.129 e. The van der Waals surface area contributed by atoms with Crippen molar-refractivity contribution in [2.45, 2.75) is 12.0 Å². The SMILES string of the molecule is C1=NC=NC12CCOc1ccccc12. The van der Waals surface area contributed by atoms with Gasteiger partial charge in [-0.25, -0.2) is 4.99 Å². The summed E-state index contributed by atoms with van der Waals surface area (Å²) in [4.78, 5) is 8.53. The Kier molecular flexibility index (Phi) is 1.48. The zero-order valence-corrected chi connectivity index (χ0v) is 7.68. The highest BCUT2D eigenvalue weighted by Gasteiger charge is 2.37. The molecule has 2 aliphatic heterocycles. The standard InChI is InChI=1S/C11H10N2O/c1-2-4-10-9(3-1)11(5-6-14-10)7-12-8-13-11/h1-4,7-8H,5-6H2. The molecule has 0 amide bonds. The number of rotatable bonds is 0. The van der Waals surface area contributed by atoms with E-state index in [4.69, 9.17) is 4.74 Å². The van der Waals surface area contributed by atoms with Crippen LogP contribution in [0.15, 0.2) is 34.3 Å². The van der Waals surface area contributed by atoms with Gasteiger partial charge in [0.05, 0.1) is 6.61 Å². The van der Waals surface area contributed by atoms with Crippen LogP contribution in [0.3, 0.4) is 0 Å². The zero-order valence-electron chi connectivity index (χ0n) is 7.68. The van der Waals surface area contributed by atoms with E-state index in [2.05, 4.69) is 16.1 Å². The van der Waals surface area contributed by atoms with Crippen molar-refractivity contribution in [3.05, 3.63) is 29.8 Å². The quantitative estimate of drug-likeness (QED) is 0.608. The van der Waals surface area contributed by atoms with E-state index in [1.54, 1.807) is 6.34 Å². The maximum absolute atomic E-state index is 5.57. The highest BCUT2D eigenvalue weighted by Crippen LogP contribution is 2.39. The van der Waals surface area contributed by atoms with Gasteiger partial charge in [0, 0.05) is 18.2 Å². The van der Waals surface area contributed by atoms with E-state index >= 15 is 0 Å². The molecular formula is C11H10N2O. The van der Waals surface area contributed by atoms with Crippen LogP contribution in [0.2, 0.25) is 0 Å². The number of nitrogens with zero attached hydrogens (tertiary/aromatic N) is 2. The molecule has 3 nitrogen and oxygen atoms in total. The molecule has 0 saturated carbocycles. The lowest BCUT2D eigenvalue weighted by Crippen LogP contribution is -2.30. The van der Waals surface area contributed by atoms with Gasteiger partial charge in [-0.15, -0.1) is 0 Å². The van der Waals surface area contributed by atoms with Gasteiger partial charge in [-0.05, 0) is 6.07 Å². The summed E-state index contributed by atoms with van der Waals surface area (Å²) in [5.41, 5.74) is 0.887. The van der Waals surface area contributed by atoms with Crippen LogP contribution in [0.4, 0.5) is 0 Å². The van der Waals surface area contributed by atoms with E-state index in [0.717, 1.165) is 17.7 Å². The Labute approximate surface area is 82.1 Å². The molecule has 2 aliphatic rings. The zero-order chi connectivity index (χ0) is 9.43. The molecule has 14 heavy (non-hydrogen) atoms. The normalized spacial score (nSPS) is 27.7. The third-order valence-corrected chi connectivity index (χ3v) is 2.74. The number of benzene rings is 1. The van der Waals surface area contributed by atoms with Gasteiger partial charge >= 0.3 is 0 Å². The Hall–Kier alpha value is -1.64. The highest BCUT2D eigenvalue weighted by atomic mass is 16.5. The number of para-hydroxylation sites is 1. The molecule has 0 saturated heterocycles. The first-order chi connectivity index (χ1) is 6.91. The van der Waals surface area contributed by atoms with Gasteiger partial charge in [-0.1, -0.05) is 18.2 Å². The molecule has 1 unspecified atom stereocenters. The second-order valence-electron chi connectivity index (χ2n) is 3.54. The van der Waals surface area contributed by atoms with Crippen LogP contribution in [0.25, 0.3) is 0 Å². The van der Waals surface area contributed by atoms with Gasteiger partial charge in [0.1, 0.15) is 17.6 Å². The van der Waals surface area contributed by atoms with Gasteiger partial charge in [0.25, 0.3) is 0 Å². The minimum absolute atomic E-state index is 0.241. The second kappa shape index (κ2) is 2.67. The fraction of sp³-hybridized carbons (Fsp3) is 0.273. The Bertz CT molecular complexity index is 411. The molecule has 1 atom stereocenters. The third kappa shape index (κ3) is 0.923. The second-order valence-corrected chi connectivity index (χ2v) is 3.54. The first kappa shape index (κ1) is 7.74. The third-order valence-electron chi connectivity index (χ3n) is 2.74. The minimum Gasteiger partial charge on any atom is -0.493 e. The molecule has 0 aliphatic carbocycles. The van der Waals surface area contributed by atoms with Crippen molar-refractivity contribution in [3.63, 3.8) is 0 Å². The first-order valence-electron chi connectivity index (χ1n) is 4.71. The monoisotopic (exact) mass is 186 g/mol. The van der Waals surface area contributed by atoms with Gasteiger partial charge in [0.15, 0.2) is 0 Å². The summed E-state index contributed by atoms with van der Waals surface area (Å²) in [6.07, 6.45) is 4.42. The van der Waals surface area contributed by atoms with Crippen molar-refractivity contribution in [2.24, 2.45) is 9.98 Å². The van der Waals surface area contributed by atoms with Crippen molar-refractivity contribution in [1.29, 1.82) is 0 Å². The molecule has 0 fully saturated rings. The number of fused-ring (bicyclic) bond motifs is 2. The average Bonchev–Trinajstić information content (AvgIpc) is 2.68. The van der Waals surface area contributed by atoms with Gasteiger partial charge in [-0.3, -0.25) is 4.99 Å². The molecule has 2 heterocycles. The summed E-state index contributed by atoms with van der Waals surface area (Å²) < 4.78 is 5.57. The van der Waals surface area contributed by atoms with Gasteiger partial charge in [-0.2, -0.15) is 0 Å². The Morgan fingerprint density at radius 1 is 1.29 bits per heavy atom. The van der Waals surface area contributed by atoms with Crippen molar-refractivity contribution in [3.8, 4) is 5.75 Å². The number of aliphatic imine (C=N–C) groups is 2. The lowest BCUT2D eigenvalue weighted by Gasteiger charge is -2.30. The van der Waals surface area contributed by atoms with Crippen LogP contribution in [0.1, 0.15) is 12.0 Å². The molecular weight excluding hydrogens is 176 g/mol. The molecule has 1 spiro atoms. The van der Waals surface area contributed by atoms with Crippen molar-refractivity contribution >= 4 is 12.6 Å². The molecule has 0 bridgehead atoms. The average molecular weight is 186 g/mol.